The van der Waals surface area contributed by atoms with Crippen molar-refractivity contribution in [1.29, 1.82) is 0 Å². The van der Waals surface area contributed by atoms with Crippen LogP contribution in [0.25, 0.3) is 0 Å². The molecule has 0 amide bonds. The molecule has 0 aliphatic heterocycles. The van der Waals surface area contributed by atoms with Crippen molar-refractivity contribution in [2.75, 3.05) is 0 Å². The summed E-state index contributed by atoms with van der Waals surface area (Å²) in [6.45, 7) is 8.08. The lowest BCUT2D eigenvalue weighted by Gasteiger charge is -2.06. The Morgan fingerprint density at radius 1 is 1.33 bits per heavy atom. The maximum atomic E-state index is 5.61. The Kier molecular flexibility index (Phi) is 3.08. The molecule has 9 heavy (non-hydrogen) atoms. The van der Waals surface area contributed by atoms with Gasteiger partial charge in [0, 0.05) is 5.41 Å². The zero-order valence-electron chi connectivity index (χ0n) is 6.46. The molecule has 0 aliphatic rings. The largest absolute Gasteiger partial charge is 0.109 e. The van der Waals surface area contributed by atoms with Crippen LogP contribution in [0.1, 0.15) is 27.7 Å². The van der Waals surface area contributed by atoms with Crippen LogP contribution < -0.4 is 0 Å². The second-order valence-electron chi connectivity index (χ2n) is 3.14. The maximum Gasteiger partial charge on any atom is 0.0915 e. The van der Waals surface area contributed by atoms with Crippen molar-refractivity contribution in [3.05, 3.63) is 0 Å². The Bertz CT molecular complexity index is 129. The lowest BCUT2D eigenvalue weighted by atomic mass is 9.98. The fourth-order valence-corrected chi connectivity index (χ4v) is 0.371. The Labute approximate surface area is 62.6 Å². The third-order valence-corrected chi connectivity index (χ3v) is 0.755. The molecule has 0 heterocycles. The van der Waals surface area contributed by atoms with E-state index >= 15 is 0 Å². The van der Waals surface area contributed by atoms with Gasteiger partial charge in [-0.1, -0.05) is 11.8 Å². The van der Waals surface area contributed by atoms with Crippen molar-refractivity contribution < 1.29 is 0 Å². The number of alkyl halides is 1. The van der Waals surface area contributed by atoms with Crippen LogP contribution in [0.15, 0.2) is 0 Å². The molecule has 1 unspecified atom stereocenters. The Hall–Kier alpha value is -0.150. The highest BCUT2D eigenvalue weighted by Gasteiger charge is 2.03. The van der Waals surface area contributed by atoms with Gasteiger partial charge in [-0.25, -0.2) is 0 Å². The number of hydrogen-bond acceptors (Lipinski definition) is 0. The average Bonchev–Trinajstić information content (AvgIpc) is 1.59. The first-order chi connectivity index (χ1) is 3.92. The molecule has 0 spiro atoms. The van der Waals surface area contributed by atoms with E-state index in [1.165, 1.54) is 0 Å². The van der Waals surface area contributed by atoms with Crippen LogP contribution in [-0.4, -0.2) is 5.38 Å². The van der Waals surface area contributed by atoms with Gasteiger partial charge >= 0.3 is 0 Å². The smallest absolute Gasteiger partial charge is 0.0915 e. The molecule has 0 aromatic heterocycles. The van der Waals surface area contributed by atoms with Crippen LogP contribution in [0.2, 0.25) is 0 Å². The van der Waals surface area contributed by atoms with Crippen molar-refractivity contribution in [1.82, 2.24) is 0 Å². The summed E-state index contributed by atoms with van der Waals surface area (Å²) < 4.78 is 0. The summed E-state index contributed by atoms with van der Waals surface area (Å²) in [6.07, 6.45) is 0. The fourth-order valence-electron chi connectivity index (χ4n) is 0.316. The molecule has 1 heteroatoms. The summed E-state index contributed by atoms with van der Waals surface area (Å²) in [5.41, 5.74) is 0.0865. The second kappa shape index (κ2) is 3.13. The number of rotatable bonds is 0. The first-order valence-electron chi connectivity index (χ1n) is 3.08. The number of hydrogen-bond donors (Lipinski definition) is 0. The van der Waals surface area contributed by atoms with Gasteiger partial charge in [0.15, 0.2) is 0 Å². The molecule has 0 saturated heterocycles. The van der Waals surface area contributed by atoms with E-state index in [2.05, 4.69) is 32.6 Å². The topological polar surface area (TPSA) is 0 Å². The standard InChI is InChI=1S/C8H13Cl/c1-7(9)5-6-8(2,3)4/h7H,1-4H3. The van der Waals surface area contributed by atoms with E-state index in [1.807, 2.05) is 6.92 Å². The van der Waals surface area contributed by atoms with E-state index in [1.54, 1.807) is 0 Å². The van der Waals surface area contributed by atoms with E-state index in [-0.39, 0.29) is 10.8 Å². The Morgan fingerprint density at radius 2 is 1.78 bits per heavy atom. The first kappa shape index (κ1) is 8.85. The first-order valence-corrected chi connectivity index (χ1v) is 3.52. The van der Waals surface area contributed by atoms with Crippen LogP contribution in [0.3, 0.4) is 0 Å². The average molecular weight is 145 g/mol. The van der Waals surface area contributed by atoms with E-state index in [0.29, 0.717) is 0 Å². The van der Waals surface area contributed by atoms with Crippen molar-refractivity contribution in [2.45, 2.75) is 33.1 Å². The molecular weight excluding hydrogens is 132 g/mol. The van der Waals surface area contributed by atoms with Crippen molar-refractivity contribution in [3.8, 4) is 11.8 Å². The van der Waals surface area contributed by atoms with Gasteiger partial charge in [0.25, 0.3) is 0 Å². The van der Waals surface area contributed by atoms with Crippen LogP contribution in [-0.2, 0) is 0 Å². The molecule has 52 valence electrons. The molecule has 0 aliphatic carbocycles. The normalized spacial score (nSPS) is 13.9. The van der Waals surface area contributed by atoms with Gasteiger partial charge in [-0.3, -0.25) is 0 Å². The van der Waals surface area contributed by atoms with Gasteiger partial charge in [-0.15, -0.1) is 11.6 Å². The fraction of sp³-hybridized carbons (Fsp3) is 0.750. The Morgan fingerprint density at radius 3 is 1.89 bits per heavy atom. The molecule has 0 N–H and O–H groups in total. The minimum absolute atomic E-state index is 0.0239. The third-order valence-electron chi connectivity index (χ3n) is 0.646. The molecule has 0 fully saturated rings. The van der Waals surface area contributed by atoms with Gasteiger partial charge in [-0.05, 0) is 27.7 Å². The van der Waals surface area contributed by atoms with E-state index in [0.717, 1.165) is 0 Å². The zero-order valence-corrected chi connectivity index (χ0v) is 7.21. The summed E-state index contributed by atoms with van der Waals surface area (Å²) in [7, 11) is 0. The van der Waals surface area contributed by atoms with E-state index in [9.17, 15) is 0 Å². The van der Waals surface area contributed by atoms with Crippen molar-refractivity contribution >= 4 is 11.6 Å². The van der Waals surface area contributed by atoms with Crippen LogP contribution in [0.4, 0.5) is 0 Å². The predicted octanol–water partition coefficient (Wildman–Crippen LogP) is 2.66. The summed E-state index contributed by atoms with van der Waals surface area (Å²) in [5.74, 6) is 5.94. The third kappa shape index (κ3) is 7.85. The van der Waals surface area contributed by atoms with Gasteiger partial charge in [0.2, 0.25) is 0 Å². The van der Waals surface area contributed by atoms with Crippen LogP contribution in [0, 0.1) is 17.3 Å². The van der Waals surface area contributed by atoms with Crippen molar-refractivity contribution in [3.63, 3.8) is 0 Å². The molecule has 0 aromatic rings. The monoisotopic (exact) mass is 144 g/mol. The van der Waals surface area contributed by atoms with E-state index in [4.69, 9.17) is 11.6 Å². The van der Waals surface area contributed by atoms with Gasteiger partial charge in [-0.2, -0.15) is 0 Å². The SMILES string of the molecule is CC(Cl)C#CC(C)(C)C. The second-order valence-corrected chi connectivity index (χ2v) is 3.79. The highest BCUT2D eigenvalue weighted by atomic mass is 35.5. The minimum atomic E-state index is -0.0239. The summed E-state index contributed by atoms with van der Waals surface area (Å²) >= 11 is 5.61. The molecule has 0 bridgehead atoms. The molecule has 0 aromatic carbocycles. The predicted molar refractivity (Wildman–Crippen MR) is 42.5 cm³/mol. The molecular formula is C8H13Cl. The molecule has 1 atom stereocenters. The summed E-state index contributed by atoms with van der Waals surface area (Å²) in [6, 6.07) is 0. The highest BCUT2D eigenvalue weighted by molar-refractivity contribution is 6.22. The molecule has 0 saturated carbocycles. The van der Waals surface area contributed by atoms with Gasteiger partial charge in [0.05, 0.1) is 5.38 Å². The summed E-state index contributed by atoms with van der Waals surface area (Å²) in [5, 5.41) is -0.0239. The van der Waals surface area contributed by atoms with Gasteiger partial charge < -0.3 is 0 Å². The quantitative estimate of drug-likeness (QED) is 0.362. The summed E-state index contributed by atoms with van der Waals surface area (Å²) in [4.78, 5) is 0. The maximum absolute atomic E-state index is 5.61. The lowest BCUT2D eigenvalue weighted by Crippen LogP contribution is -2.00. The minimum Gasteiger partial charge on any atom is -0.109 e. The molecule has 0 nitrogen and oxygen atoms in total. The molecule has 0 radical (unpaired) electrons. The van der Waals surface area contributed by atoms with Crippen LogP contribution >= 0.6 is 11.6 Å². The van der Waals surface area contributed by atoms with Crippen LogP contribution in [0.5, 0.6) is 0 Å². The molecule has 0 rings (SSSR count). The van der Waals surface area contributed by atoms with Crippen molar-refractivity contribution in [2.24, 2.45) is 5.41 Å². The lowest BCUT2D eigenvalue weighted by molar-refractivity contribution is 0.570. The highest BCUT2D eigenvalue weighted by Crippen LogP contribution is 2.10. The number of halogens is 1. The zero-order chi connectivity index (χ0) is 7.49. The Balaban J connectivity index is 3.88. The van der Waals surface area contributed by atoms with E-state index < -0.39 is 0 Å². The van der Waals surface area contributed by atoms with Gasteiger partial charge in [0.1, 0.15) is 0 Å².